The molecule has 1 N–H and O–H groups in total. The van der Waals surface area contributed by atoms with Gasteiger partial charge in [-0.15, -0.1) is 0 Å². The van der Waals surface area contributed by atoms with Crippen molar-refractivity contribution in [3.63, 3.8) is 0 Å². The van der Waals surface area contributed by atoms with Crippen molar-refractivity contribution in [2.45, 2.75) is 58.5 Å². The van der Waals surface area contributed by atoms with Crippen LogP contribution >= 0.6 is 0 Å². The zero-order chi connectivity index (χ0) is 13.1. The molecule has 1 heterocycles. The summed E-state index contributed by atoms with van der Waals surface area (Å²) in [6.07, 6.45) is 8.77. The molecule has 1 fully saturated rings. The SMILES string of the molecule is CCc1nn(C)cc1C(O)C1CCCC(CC)C1. The van der Waals surface area contributed by atoms with Crippen LogP contribution in [0.4, 0.5) is 0 Å². The molecule has 0 amide bonds. The Morgan fingerprint density at radius 1 is 1.44 bits per heavy atom. The first kappa shape index (κ1) is 13.6. The van der Waals surface area contributed by atoms with Gasteiger partial charge in [0.2, 0.25) is 0 Å². The molecule has 1 saturated carbocycles. The Morgan fingerprint density at radius 2 is 2.22 bits per heavy atom. The van der Waals surface area contributed by atoms with Crippen LogP contribution in [0, 0.1) is 11.8 Å². The smallest absolute Gasteiger partial charge is 0.0851 e. The van der Waals surface area contributed by atoms with Crippen molar-refractivity contribution in [2.24, 2.45) is 18.9 Å². The van der Waals surface area contributed by atoms with Crippen LogP contribution < -0.4 is 0 Å². The Morgan fingerprint density at radius 3 is 2.89 bits per heavy atom. The number of aliphatic hydroxyl groups is 1. The van der Waals surface area contributed by atoms with Gasteiger partial charge in [0.25, 0.3) is 0 Å². The van der Waals surface area contributed by atoms with Crippen LogP contribution in [0.2, 0.25) is 0 Å². The fourth-order valence-electron chi connectivity index (χ4n) is 3.32. The summed E-state index contributed by atoms with van der Waals surface area (Å²) in [5.41, 5.74) is 2.12. The maximum atomic E-state index is 10.6. The maximum Gasteiger partial charge on any atom is 0.0851 e. The summed E-state index contributed by atoms with van der Waals surface area (Å²) in [5.74, 6) is 1.23. The summed E-state index contributed by atoms with van der Waals surface area (Å²) in [6.45, 7) is 4.37. The minimum atomic E-state index is -0.317. The maximum absolute atomic E-state index is 10.6. The topological polar surface area (TPSA) is 38.0 Å². The quantitative estimate of drug-likeness (QED) is 0.891. The van der Waals surface area contributed by atoms with Gasteiger partial charge in [-0.1, -0.05) is 33.1 Å². The zero-order valence-corrected chi connectivity index (χ0v) is 11.9. The second-order valence-corrected chi connectivity index (χ2v) is 5.70. The number of aromatic nitrogens is 2. The fraction of sp³-hybridized carbons (Fsp3) is 0.800. The lowest BCUT2D eigenvalue weighted by Gasteiger charge is -2.31. The largest absolute Gasteiger partial charge is 0.388 e. The van der Waals surface area contributed by atoms with Gasteiger partial charge >= 0.3 is 0 Å². The highest BCUT2D eigenvalue weighted by Crippen LogP contribution is 2.39. The van der Waals surface area contributed by atoms with Crippen molar-refractivity contribution in [3.05, 3.63) is 17.5 Å². The molecule has 0 saturated heterocycles. The first-order valence-corrected chi connectivity index (χ1v) is 7.36. The summed E-state index contributed by atoms with van der Waals surface area (Å²) in [6, 6.07) is 0. The van der Waals surface area contributed by atoms with Crippen molar-refractivity contribution in [1.82, 2.24) is 9.78 Å². The van der Waals surface area contributed by atoms with Gasteiger partial charge in [0.15, 0.2) is 0 Å². The standard InChI is InChI=1S/C15H26N2O/c1-4-11-7-6-8-12(9-11)15(18)13-10-17(3)16-14(13)5-2/h10-12,15,18H,4-9H2,1-3H3. The third kappa shape index (κ3) is 2.77. The normalized spacial score (nSPS) is 26.2. The number of hydrogen-bond donors (Lipinski definition) is 1. The summed E-state index contributed by atoms with van der Waals surface area (Å²) >= 11 is 0. The molecule has 0 aliphatic heterocycles. The van der Waals surface area contributed by atoms with Gasteiger partial charge in [-0.25, -0.2) is 0 Å². The second kappa shape index (κ2) is 5.87. The molecule has 102 valence electrons. The first-order valence-electron chi connectivity index (χ1n) is 7.36. The van der Waals surface area contributed by atoms with E-state index in [4.69, 9.17) is 0 Å². The lowest BCUT2D eigenvalue weighted by molar-refractivity contribution is 0.0671. The van der Waals surface area contributed by atoms with E-state index in [2.05, 4.69) is 18.9 Å². The predicted molar refractivity (Wildman–Crippen MR) is 73.3 cm³/mol. The average Bonchev–Trinajstić information content (AvgIpc) is 2.79. The molecule has 1 aromatic rings. The molecular formula is C15H26N2O. The molecule has 0 radical (unpaired) electrons. The van der Waals surface area contributed by atoms with Gasteiger partial charge < -0.3 is 5.11 Å². The van der Waals surface area contributed by atoms with Crippen molar-refractivity contribution in [2.75, 3.05) is 0 Å². The third-order valence-electron chi connectivity index (χ3n) is 4.44. The molecule has 3 atom stereocenters. The van der Waals surface area contributed by atoms with Crippen LogP contribution in [0.1, 0.15) is 63.3 Å². The fourth-order valence-corrected chi connectivity index (χ4v) is 3.32. The molecule has 0 aromatic carbocycles. The van der Waals surface area contributed by atoms with Gasteiger partial charge in [-0.3, -0.25) is 4.68 Å². The molecule has 2 rings (SSSR count). The lowest BCUT2D eigenvalue weighted by Crippen LogP contribution is -2.21. The van der Waals surface area contributed by atoms with Crippen molar-refractivity contribution < 1.29 is 5.11 Å². The van der Waals surface area contributed by atoms with E-state index in [1.54, 1.807) is 0 Å². The number of rotatable bonds is 4. The lowest BCUT2D eigenvalue weighted by atomic mass is 9.76. The molecule has 0 spiro atoms. The Balaban J connectivity index is 2.12. The average molecular weight is 250 g/mol. The van der Waals surface area contributed by atoms with Crippen LogP contribution in [0.5, 0.6) is 0 Å². The molecule has 18 heavy (non-hydrogen) atoms. The number of aliphatic hydroxyl groups excluding tert-OH is 1. The van der Waals surface area contributed by atoms with E-state index in [0.717, 1.165) is 30.0 Å². The highest BCUT2D eigenvalue weighted by Gasteiger charge is 2.29. The Labute approximate surface area is 110 Å². The van der Waals surface area contributed by atoms with E-state index in [0.29, 0.717) is 5.92 Å². The van der Waals surface area contributed by atoms with Crippen molar-refractivity contribution >= 4 is 0 Å². The van der Waals surface area contributed by atoms with Gasteiger partial charge in [0, 0.05) is 18.8 Å². The van der Waals surface area contributed by atoms with E-state index in [9.17, 15) is 5.11 Å². The van der Waals surface area contributed by atoms with E-state index >= 15 is 0 Å². The van der Waals surface area contributed by atoms with Crippen LogP contribution in [-0.2, 0) is 13.5 Å². The summed E-state index contributed by atoms with van der Waals surface area (Å²) < 4.78 is 1.83. The highest BCUT2D eigenvalue weighted by atomic mass is 16.3. The number of nitrogens with zero attached hydrogens (tertiary/aromatic N) is 2. The number of hydrogen-bond acceptors (Lipinski definition) is 2. The minimum Gasteiger partial charge on any atom is -0.388 e. The van der Waals surface area contributed by atoms with Crippen molar-refractivity contribution in [1.29, 1.82) is 0 Å². The van der Waals surface area contributed by atoms with E-state index in [1.807, 2.05) is 17.9 Å². The predicted octanol–water partition coefficient (Wildman–Crippen LogP) is 3.23. The monoisotopic (exact) mass is 250 g/mol. The third-order valence-corrected chi connectivity index (χ3v) is 4.44. The molecule has 0 bridgehead atoms. The van der Waals surface area contributed by atoms with Crippen LogP contribution in [0.3, 0.4) is 0 Å². The van der Waals surface area contributed by atoms with E-state index < -0.39 is 0 Å². The van der Waals surface area contributed by atoms with Crippen molar-refractivity contribution in [3.8, 4) is 0 Å². The van der Waals surface area contributed by atoms with Gasteiger partial charge in [0.1, 0.15) is 0 Å². The molecule has 1 aliphatic rings. The second-order valence-electron chi connectivity index (χ2n) is 5.70. The zero-order valence-electron chi connectivity index (χ0n) is 11.9. The number of aryl methyl sites for hydroxylation is 2. The van der Waals surface area contributed by atoms with Gasteiger partial charge in [-0.05, 0) is 31.1 Å². The summed E-state index contributed by atoms with van der Waals surface area (Å²) in [7, 11) is 1.94. The van der Waals surface area contributed by atoms with E-state index in [1.165, 1.54) is 25.7 Å². The minimum absolute atomic E-state index is 0.317. The summed E-state index contributed by atoms with van der Waals surface area (Å²) in [5, 5.41) is 15.1. The molecule has 3 heteroatoms. The van der Waals surface area contributed by atoms with Crippen LogP contribution in [0.25, 0.3) is 0 Å². The van der Waals surface area contributed by atoms with Gasteiger partial charge in [0.05, 0.1) is 11.8 Å². The molecule has 3 nitrogen and oxygen atoms in total. The molecule has 1 aromatic heterocycles. The Bertz CT molecular complexity index is 386. The van der Waals surface area contributed by atoms with Gasteiger partial charge in [-0.2, -0.15) is 5.10 Å². The molecule has 1 aliphatic carbocycles. The first-order chi connectivity index (χ1) is 8.65. The molecule has 3 unspecified atom stereocenters. The van der Waals surface area contributed by atoms with E-state index in [-0.39, 0.29) is 6.10 Å². The summed E-state index contributed by atoms with van der Waals surface area (Å²) in [4.78, 5) is 0. The Kier molecular flexibility index (Phi) is 4.44. The highest BCUT2D eigenvalue weighted by molar-refractivity contribution is 5.20. The van der Waals surface area contributed by atoms with Crippen LogP contribution in [-0.4, -0.2) is 14.9 Å². The molecular weight excluding hydrogens is 224 g/mol. The Hall–Kier alpha value is -0.830. The van der Waals surface area contributed by atoms with Crippen LogP contribution in [0.15, 0.2) is 6.20 Å².